The van der Waals surface area contributed by atoms with Crippen LogP contribution in [0.4, 0.5) is 4.39 Å². The summed E-state index contributed by atoms with van der Waals surface area (Å²) in [5, 5.41) is 10.9. The van der Waals surface area contributed by atoms with E-state index in [1.54, 1.807) is 0 Å². The average molecular weight is 208 g/mol. The molecule has 0 spiro atoms. The van der Waals surface area contributed by atoms with Crippen molar-refractivity contribution in [1.82, 2.24) is 0 Å². The lowest BCUT2D eigenvalue weighted by Gasteiger charge is -1.98. The van der Waals surface area contributed by atoms with Crippen LogP contribution in [0.2, 0.25) is 5.02 Å². The highest BCUT2D eigenvalue weighted by molar-refractivity contribution is 6.69. The van der Waals surface area contributed by atoms with Gasteiger partial charge in [0.2, 0.25) is 0 Å². The van der Waals surface area contributed by atoms with Gasteiger partial charge in [-0.2, -0.15) is 0 Å². The van der Waals surface area contributed by atoms with Crippen molar-refractivity contribution in [2.24, 2.45) is 5.16 Å². The maximum Gasteiger partial charge on any atom is 0.178 e. The summed E-state index contributed by atoms with van der Waals surface area (Å²) in [5.41, 5.74) is -0.0216. The van der Waals surface area contributed by atoms with Crippen LogP contribution < -0.4 is 0 Å². The molecule has 0 saturated heterocycles. The van der Waals surface area contributed by atoms with Crippen molar-refractivity contribution in [3.8, 4) is 0 Å². The first-order chi connectivity index (χ1) is 5.65. The number of halogens is 3. The molecule has 0 saturated carbocycles. The molecular weight excluding hydrogens is 204 g/mol. The van der Waals surface area contributed by atoms with Crippen LogP contribution in [0.15, 0.2) is 23.4 Å². The molecule has 1 rings (SSSR count). The lowest BCUT2D eigenvalue weighted by Crippen LogP contribution is -1.95. The Hall–Kier alpha value is -0.800. The lowest BCUT2D eigenvalue weighted by atomic mass is 10.2. The van der Waals surface area contributed by atoms with E-state index in [2.05, 4.69) is 5.16 Å². The number of hydrogen-bond donors (Lipinski definition) is 1. The van der Waals surface area contributed by atoms with E-state index in [-0.39, 0.29) is 10.7 Å². The fourth-order valence-electron chi connectivity index (χ4n) is 0.709. The van der Waals surface area contributed by atoms with Gasteiger partial charge in [-0.15, -0.1) is 0 Å². The Balaban J connectivity index is 3.23. The fourth-order valence-corrected chi connectivity index (χ4v) is 1.03. The third-order valence-corrected chi connectivity index (χ3v) is 1.75. The highest BCUT2D eigenvalue weighted by Gasteiger charge is 2.07. The van der Waals surface area contributed by atoms with Crippen LogP contribution in [-0.2, 0) is 0 Å². The number of benzene rings is 1. The van der Waals surface area contributed by atoms with Crippen molar-refractivity contribution in [1.29, 1.82) is 0 Å². The van der Waals surface area contributed by atoms with E-state index in [0.29, 0.717) is 5.02 Å². The summed E-state index contributed by atoms with van der Waals surface area (Å²) in [6, 6.07) is 3.80. The van der Waals surface area contributed by atoms with Crippen molar-refractivity contribution in [2.75, 3.05) is 0 Å². The highest BCUT2D eigenvalue weighted by Crippen LogP contribution is 2.16. The van der Waals surface area contributed by atoms with Gasteiger partial charge in [0.05, 0.1) is 5.56 Å². The summed E-state index contributed by atoms with van der Waals surface area (Å²) < 4.78 is 12.9. The molecule has 64 valence electrons. The van der Waals surface area contributed by atoms with E-state index in [1.165, 1.54) is 12.1 Å². The number of oxime groups is 1. The van der Waals surface area contributed by atoms with Crippen molar-refractivity contribution in [3.05, 3.63) is 34.6 Å². The standard InChI is InChI=1S/C7H4Cl2FNO/c8-4-1-2-6(10)5(3-4)7(9)11-12/h1-3,12H/b11-7-. The second-order valence-electron chi connectivity index (χ2n) is 2.01. The Labute approximate surface area is 78.2 Å². The van der Waals surface area contributed by atoms with Gasteiger partial charge in [-0.3, -0.25) is 0 Å². The fraction of sp³-hybridized carbons (Fsp3) is 0. The average Bonchev–Trinajstić information content (AvgIpc) is 2.08. The van der Waals surface area contributed by atoms with Gasteiger partial charge in [-0.1, -0.05) is 28.4 Å². The summed E-state index contributed by atoms with van der Waals surface area (Å²) >= 11 is 10.9. The maximum atomic E-state index is 12.9. The first-order valence-corrected chi connectivity index (χ1v) is 3.73. The summed E-state index contributed by atoms with van der Waals surface area (Å²) in [5.74, 6) is -0.581. The summed E-state index contributed by atoms with van der Waals surface area (Å²) in [7, 11) is 0. The van der Waals surface area contributed by atoms with E-state index >= 15 is 0 Å². The molecule has 0 fully saturated rings. The van der Waals surface area contributed by atoms with Crippen LogP contribution in [0.3, 0.4) is 0 Å². The summed E-state index contributed by atoms with van der Waals surface area (Å²) in [4.78, 5) is 0. The Morgan fingerprint density at radius 2 is 2.17 bits per heavy atom. The molecule has 0 radical (unpaired) electrons. The van der Waals surface area contributed by atoms with Crippen LogP contribution in [0.25, 0.3) is 0 Å². The van der Waals surface area contributed by atoms with Gasteiger partial charge >= 0.3 is 0 Å². The molecule has 0 unspecified atom stereocenters. The summed E-state index contributed by atoms with van der Waals surface area (Å²) in [6.07, 6.45) is 0. The van der Waals surface area contributed by atoms with Gasteiger partial charge in [0.25, 0.3) is 0 Å². The third-order valence-electron chi connectivity index (χ3n) is 1.24. The van der Waals surface area contributed by atoms with E-state index in [1.807, 2.05) is 0 Å². The number of rotatable bonds is 1. The Morgan fingerprint density at radius 3 is 2.75 bits per heavy atom. The number of nitrogens with zero attached hydrogens (tertiary/aromatic N) is 1. The molecule has 0 bridgehead atoms. The predicted molar refractivity (Wildman–Crippen MR) is 45.6 cm³/mol. The van der Waals surface area contributed by atoms with E-state index in [0.717, 1.165) is 6.07 Å². The molecule has 0 aliphatic heterocycles. The molecule has 2 nitrogen and oxygen atoms in total. The van der Waals surface area contributed by atoms with Crippen molar-refractivity contribution in [3.63, 3.8) is 0 Å². The SMILES string of the molecule is O/N=C(\Cl)c1cc(Cl)ccc1F. The zero-order valence-electron chi connectivity index (χ0n) is 5.76. The molecule has 0 aromatic heterocycles. The van der Waals surface area contributed by atoms with Crippen LogP contribution in [0.1, 0.15) is 5.56 Å². The van der Waals surface area contributed by atoms with Gasteiger partial charge in [-0.05, 0) is 18.2 Å². The van der Waals surface area contributed by atoms with Gasteiger partial charge in [0.1, 0.15) is 5.82 Å². The molecule has 1 N–H and O–H groups in total. The first-order valence-electron chi connectivity index (χ1n) is 2.98. The molecule has 0 aliphatic rings. The summed E-state index contributed by atoms with van der Waals surface area (Å²) in [6.45, 7) is 0. The third kappa shape index (κ3) is 1.87. The monoisotopic (exact) mass is 207 g/mol. The normalized spacial score (nSPS) is 11.8. The molecule has 1 aromatic carbocycles. The minimum absolute atomic E-state index is 0.0216. The molecule has 0 amide bonds. The van der Waals surface area contributed by atoms with Crippen molar-refractivity contribution < 1.29 is 9.60 Å². The predicted octanol–water partition coefficient (Wildman–Crippen LogP) is 2.85. The quantitative estimate of drug-likeness (QED) is 0.429. The zero-order chi connectivity index (χ0) is 9.14. The maximum absolute atomic E-state index is 12.9. The molecular formula is C7H4Cl2FNO. The molecule has 1 aromatic rings. The molecule has 0 aliphatic carbocycles. The van der Waals surface area contributed by atoms with Gasteiger partial charge < -0.3 is 5.21 Å². The Kier molecular flexibility index (Phi) is 2.89. The highest BCUT2D eigenvalue weighted by atomic mass is 35.5. The van der Waals surface area contributed by atoms with Gasteiger partial charge in [0, 0.05) is 5.02 Å². The van der Waals surface area contributed by atoms with Crippen molar-refractivity contribution in [2.45, 2.75) is 0 Å². The molecule has 12 heavy (non-hydrogen) atoms. The van der Waals surface area contributed by atoms with Gasteiger partial charge in [0.15, 0.2) is 5.17 Å². The Morgan fingerprint density at radius 1 is 1.50 bits per heavy atom. The smallest absolute Gasteiger partial charge is 0.178 e. The van der Waals surface area contributed by atoms with E-state index < -0.39 is 5.82 Å². The minimum atomic E-state index is -0.581. The molecule has 0 atom stereocenters. The largest absolute Gasteiger partial charge is 0.410 e. The van der Waals surface area contributed by atoms with Crippen LogP contribution in [0, 0.1) is 5.82 Å². The van der Waals surface area contributed by atoms with Crippen LogP contribution in [0.5, 0.6) is 0 Å². The number of hydrogen-bond acceptors (Lipinski definition) is 2. The molecule has 0 heterocycles. The lowest BCUT2D eigenvalue weighted by molar-refractivity contribution is 0.320. The second-order valence-corrected chi connectivity index (χ2v) is 2.81. The zero-order valence-corrected chi connectivity index (χ0v) is 7.27. The Bertz CT molecular complexity index is 327. The van der Waals surface area contributed by atoms with Crippen LogP contribution in [-0.4, -0.2) is 10.4 Å². The van der Waals surface area contributed by atoms with E-state index in [4.69, 9.17) is 28.4 Å². The minimum Gasteiger partial charge on any atom is -0.410 e. The van der Waals surface area contributed by atoms with E-state index in [9.17, 15) is 4.39 Å². The molecule has 5 heteroatoms. The van der Waals surface area contributed by atoms with Gasteiger partial charge in [-0.25, -0.2) is 4.39 Å². The van der Waals surface area contributed by atoms with Crippen LogP contribution >= 0.6 is 23.2 Å². The first kappa shape index (κ1) is 9.29. The topological polar surface area (TPSA) is 32.6 Å². The van der Waals surface area contributed by atoms with Crippen molar-refractivity contribution >= 4 is 28.4 Å². The second kappa shape index (κ2) is 3.74.